The summed E-state index contributed by atoms with van der Waals surface area (Å²) < 4.78 is 2.66. The summed E-state index contributed by atoms with van der Waals surface area (Å²) in [5.74, 6) is 0. The third kappa shape index (κ3) is 4.51. The largest absolute Gasteiger partial charge is 0.135 e. The van der Waals surface area contributed by atoms with Crippen molar-refractivity contribution in [2.24, 2.45) is 0 Å². The van der Waals surface area contributed by atoms with Crippen molar-refractivity contribution >= 4 is 63.8 Å². The van der Waals surface area contributed by atoms with E-state index in [1.807, 2.05) is 11.3 Å². The topological polar surface area (TPSA) is 0 Å². The van der Waals surface area contributed by atoms with Gasteiger partial charge < -0.3 is 0 Å². The third-order valence-corrected chi connectivity index (χ3v) is 11.2. The predicted molar refractivity (Wildman–Crippen MR) is 214 cm³/mol. The first kappa shape index (κ1) is 28.0. The number of fused-ring (bicyclic) bond motifs is 6. The number of hydrogen-bond donors (Lipinski definition) is 0. The Bertz CT molecular complexity index is 2810. The van der Waals surface area contributed by atoms with Crippen molar-refractivity contribution in [1.29, 1.82) is 0 Å². The minimum Gasteiger partial charge on any atom is -0.135 e. The molecule has 0 aliphatic heterocycles. The van der Waals surface area contributed by atoms with Gasteiger partial charge in [-0.15, -0.1) is 11.3 Å². The van der Waals surface area contributed by atoms with Crippen molar-refractivity contribution in [2.75, 3.05) is 0 Å². The van der Waals surface area contributed by atoms with E-state index in [-0.39, 0.29) is 0 Å². The molecule has 0 aliphatic carbocycles. The lowest BCUT2D eigenvalue weighted by atomic mass is 9.84. The molecule has 1 heterocycles. The van der Waals surface area contributed by atoms with Crippen molar-refractivity contribution in [3.05, 3.63) is 182 Å². The first-order chi connectivity index (χ1) is 24.3. The molecule has 0 bridgehead atoms. The maximum absolute atomic E-state index is 2.32. The molecule has 0 N–H and O–H groups in total. The van der Waals surface area contributed by atoms with E-state index in [9.17, 15) is 0 Å². The van der Waals surface area contributed by atoms with E-state index in [0.717, 1.165) is 0 Å². The Hall–Kier alpha value is -6.02. The second-order valence-electron chi connectivity index (χ2n) is 12.8. The van der Waals surface area contributed by atoms with Gasteiger partial charge >= 0.3 is 0 Å². The van der Waals surface area contributed by atoms with Crippen molar-refractivity contribution in [3.63, 3.8) is 0 Å². The molecule has 0 fully saturated rings. The molecule has 0 aliphatic rings. The first-order valence-electron chi connectivity index (χ1n) is 16.8. The lowest BCUT2D eigenvalue weighted by Gasteiger charge is -2.19. The molecule has 0 nitrogen and oxygen atoms in total. The monoisotopic (exact) mass is 638 g/mol. The summed E-state index contributed by atoms with van der Waals surface area (Å²) in [7, 11) is 0. The summed E-state index contributed by atoms with van der Waals surface area (Å²) in [6.07, 6.45) is 0. The lowest BCUT2D eigenvalue weighted by molar-refractivity contribution is 1.59. The van der Waals surface area contributed by atoms with Crippen molar-refractivity contribution < 1.29 is 0 Å². The van der Waals surface area contributed by atoms with Gasteiger partial charge in [0.05, 0.1) is 0 Å². The van der Waals surface area contributed by atoms with Gasteiger partial charge in [-0.25, -0.2) is 0 Å². The highest BCUT2D eigenvalue weighted by atomic mass is 32.1. The Morgan fingerprint density at radius 3 is 1.49 bits per heavy atom. The molecule has 0 saturated heterocycles. The fraction of sp³-hybridized carbons (Fsp3) is 0. The van der Waals surface area contributed by atoms with Crippen LogP contribution in [0.5, 0.6) is 0 Å². The summed E-state index contributed by atoms with van der Waals surface area (Å²) in [5.41, 5.74) is 10.1. The molecule has 228 valence electrons. The Morgan fingerprint density at radius 1 is 0.286 bits per heavy atom. The van der Waals surface area contributed by atoms with Gasteiger partial charge in [0, 0.05) is 20.2 Å². The SMILES string of the molecule is c1ccc(-c2ccc3ccccc3c2)c(-c2ccc(-c3c4ccccc4c(-c4cccc5sc6ccccc6c45)c4ccccc34)cc2)c1. The van der Waals surface area contributed by atoms with Gasteiger partial charge in [0.25, 0.3) is 0 Å². The Morgan fingerprint density at radius 2 is 0.776 bits per heavy atom. The molecule has 10 rings (SSSR count). The summed E-state index contributed by atoms with van der Waals surface area (Å²) in [4.78, 5) is 0. The van der Waals surface area contributed by atoms with Crippen LogP contribution < -0.4 is 0 Å². The van der Waals surface area contributed by atoms with Crippen molar-refractivity contribution in [3.8, 4) is 44.5 Å². The van der Waals surface area contributed by atoms with Gasteiger partial charge in [0.2, 0.25) is 0 Å². The molecule has 0 spiro atoms. The molecule has 49 heavy (non-hydrogen) atoms. The average molecular weight is 639 g/mol. The van der Waals surface area contributed by atoms with Gasteiger partial charge in [-0.1, -0.05) is 164 Å². The Balaban J connectivity index is 1.16. The molecule has 0 unspecified atom stereocenters. The van der Waals surface area contributed by atoms with Crippen molar-refractivity contribution in [1.82, 2.24) is 0 Å². The molecule has 9 aromatic carbocycles. The van der Waals surface area contributed by atoms with Crippen LogP contribution in [0.15, 0.2) is 182 Å². The van der Waals surface area contributed by atoms with Crippen LogP contribution >= 0.6 is 11.3 Å². The second kappa shape index (κ2) is 11.3. The number of hydrogen-bond acceptors (Lipinski definition) is 1. The Kier molecular flexibility index (Phi) is 6.47. The fourth-order valence-electron chi connectivity index (χ4n) is 7.87. The van der Waals surface area contributed by atoms with E-state index < -0.39 is 0 Å². The molecule has 1 heteroatoms. The fourth-order valence-corrected chi connectivity index (χ4v) is 9.00. The van der Waals surface area contributed by atoms with E-state index in [0.29, 0.717) is 0 Å². The minimum absolute atomic E-state index is 1.22. The van der Waals surface area contributed by atoms with Crippen LogP contribution in [0.4, 0.5) is 0 Å². The summed E-state index contributed by atoms with van der Waals surface area (Å²) in [6, 6.07) is 66.9. The molecular weight excluding hydrogens is 609 g/mol. The first-order valence-corrected chi connectivity index (χ1v) is 17.7. The van der Waals surface area contributed by atoms with Crippen molar-refractivity contribution in [2.45, 2.75) is 0 Å². The van der Waals surface area contributed by atoms with Crippen LogP contribution in [-0.2, 0) is 0 Å². The van der Waals surface area contributed by atoms with E-state index in [1.165, 1.54) is 97.0 Å². The normalized spacial score (nSPS) is 11.7. The molecule has 0 amide bonds. The highest BCUT2D eigenvalue weighted by Crippen LogP contribution is 2.48. The molecule has 0 atom stereocenters. The van der Waals surface area contributed by atoms with Gasteiger partial charge in [-0.05, 0) is 95.0 Å². The van der Waals surface area contributed by atoms with E-state index in [2.05, 4.69) is 182 Å². The molecule has 0 saturated carbocycles. The molecular formula is C48H30S. The Labute approximate surface area is 289 Å². The van der Waals surface area contributed by atoms with Gasteiger partial charge in [0.15, 0.2) is 0 Å². The van der Waals surface area contributed by atoms with Gasteiger partial charge in [-0.2, -0.15) is 0 Å². The highest BCUT2D eigenvalue weighted by Gasteiger charge is 2.19. The van der Waals surface area contributed by atoms with E-state index >= 15 is 0 Å². The maximum atomic E-state index is 2.32. The quantitative estimate of drug-likeness (QED) is 0.168. The highest BCUT2D eigenvalue weighted by molar-refractivity contribution is 7.25. The zero-order valence-electron chi connectivity index (χ0n) is 26.7. The lowest BCUT2D eigenvalue weighted by Crippen LogP contribution is -1.91. The number of rotatable bonds is 4. The smallest absolute Gasteiger partial charge is 0.0361 e. The van der Waals surface area contributed by atoms with Gasteiger partial charge in [-0.3, -0.25) is 0 Å². The van der Waals surface area contributed by atoms with E-state index in [4.69, 9.17) is 0 Å². The second-order valence-corrected chi connectivity index (χ2v) is 13.9. The average Bonchev–Trinajstić information content (AvgIpc) is 3.56. The zero-order chi connectivity index (χ0) is 32.3. The van der Waals surface area contributed by atoms with Crippen LogP contribution in [-0.4, -0.2) is 0 Å². The van der Waals surface area contributed by atoms with Crippen LogP contribution in [0.2, 0.25) is 0 Å². The van der Waals surface area contributed by atoms with E-state index in [1.54, 1.807) is 0 Å². The summed E-state index contributed by atoms with van der Waals surface area (Å²) in [5, 5.41) is 10.3. The summed E-state index contributed by atoms with van der Waals surface area (Å²) >= 11 is 1.88. The third-order valence-electron chi connectivity index (χ3n) is 10.1. The summed E-state index contributed by atoms with van der Waals surface area (Å²) in [6.45, 7) is 0. The molecule has 0 radical (unpaired) electrons. The minimum atomic E-state index is 1.22. The van der Waals surface area contributed by atoms with Crippen LogP contribution in [0, 0.1) is 0 Å². The van der Waals surface area contributed by atoms with Crippen LogP contribution in [0.25, 0.3) is 97.0 Å². The number of benzene rings is 9. The zero-order valence-corrected chi connectivity index (χ0v) is 27.5. The van der Waals surface area contributed by atoms with Crippen LogP contribution in [0.1, 0.15) is 0 Å². The number of thiophene rings is 1. The predicted octanol–water partition coefficient (Wildman–Crippen LogP) is 14.2. The van der Waals surface area contributed by atoms with Crippen LogP contribution in [0.3, 0.4) is 0 Å². The molecule has 1 aromatic heterocycles. The van der Waals surface area contributed by atoms with Gasteiger partial charge in [0.1, 0.15) is 0 Å². The maximum Gasteiger partial charge on any atom is 0.0361 e. The molecule has 10 aromatic rings. The standard InChI is InChI=1S/C48H30S/c1-2-13-34-30-35(29-24-31(34)12-1)37-15-4-3-14-36(37)32-25-27-33(28-26-32)46-38-16-5-7-18-40(38)47(41-19-8-6-17-39(41)46)43-21-11-23-45-48(43)42-20-9-10-22-44(42)49-45/h1-30H.